The van der Waals surface area contributed by atoms with E-state index in [1.54, 1.807) is 18.2 Å². The van der Waals surface area contributed by atoms with Crippen molar-refractivity contribution in [1.82, 2.24) is 14.3 Å². The molecule has 0 bridgehead atoms. The number of hydrogen-bond donors (Lipinski definition) is 0. The molecule has 0 N–H and O–H groups in total. The number of aromatic nitrogens is 2. The molecule has 6 nitrogen and oxygen atoms in total. The molecule has 3 aromatic carbocycles. The summed E-state index contributed by atoms with van der Waals surface area (Å²) < 4.78 is 23.5. The number of halogens is 1. The molecule has 1 aliphatic rings. The van der Waals surface area contributed by atoms with Gasteiger partial charge in [-0.25, -0.2) is 4.39 Å². The van der Waals surface area contributed by atoms with Crippen molar-refractivity contribution in [1.29, 1.82) is 0 Å². The summed E-state index contributed by atoms with van der Waals surface area (Å²) in [5, 5.41) is 0.409. The van der Waals surface area contributed by atoms with Gasteiger partial charge in [0.25, 0.3) is 11.1 Å². The van der Waals surface area contributed by atoms with E-state index in [0.717, 1.165) is 35.7 Å². The van der Waals surface area contributed by atoms with Crippen LogP contribution in [0.15, 0.2) is 66.7 Å². The first-order valence-corrected chi connectivity index (χ1v) is 12.7. The zero-order chi connectivity index (χ0) is 25.1. The van der Waals surface area contributed by atoms with Crippen molar-refractivity contribution in [2.24, 2.45) is 0 Å². The predicted molar refractivity (Wildman–Crippen MR) is 140 cm³/mol. The third kappa shape index (κ3) is 5.39. The number of anilines is 1. The van der Waals surface area contributed by atoms with Crippen LogP contribution < -0.4 is 9.64 Å². The number of piperazine rings is 1. The van der Waals surface area contributed by atoms with Gasteiger partial charge in [0.1, 0.15) is 11.6 Å². The summed E-state index contributed by atoms with van der Waals surface area (Å²) in [6.07, 6.45) is 0.492. The number of ether oxygens (including phenoxy) is 1. The van der Waals surface area contributed by atoms with Gasteiger partial charge in [-0.3, -0.25) is 4.79 Å². The third-order valence-corrected chi connectivity index (χ3v) is 7.01. The first-order chi connectivity index (χ1) is 17.5. The first-order valence-electron chi connectivity index (χ1n) is 11.9. The van der Waals surface area contributed by atoms with E-state index in [1.165, 1.54) is 23.4 Å². The molecular weight excluding hydrogens is 475 g/mol. The van der Waals surface area contributed by atoms with E-state index < -0.39 is 0 Å². The van der Waals surface area contributed by atoms with Crippen LogP contribution in [0.3, 0.4) is 0 Å². The highest BCUT2D eigenvalue weighted by Crippen LogP contribution is 2.29. The molecule has 1 aliphatic heterocycles. The van der Waals surface area contributed by atoms with Crippen LogP contribution in [0, 0.1) is 19.7 Å². The smallest absolute Gasteiger partial charge is 0.298 e. The Bertz CT molecular complexity index is 1360. The zero-order valence-electron chi connectivity index (χ0n) is 20.3. The van der Waals surface area contributed by atoms with Crippen molar-refractivity contribution >= 4 is 23.1 Å². The third-order valence-electron chi connectivity index (χ3n) is 6.38. The van der Waals surface area contributed by atoms with Gasteiger partial charge in [-0.1, -0.05) is 36.4 Å². The maximum atomic E-state index is 13.3. The second kappa shape index (κ2) is 10.5. The Morgan fingerprint density at radius 1 is 0.972 bits per heavy atom. The Morgan fingerprint density at radius 2 is 1.72 bits per heavy atom. The fourth-order valence-corrected chi connectivity index (χ4v) is 4.89. The Labute approximate surface area is 214 Å². The largest absolute Gasteiger partial charge is 0.430 e. The monoisotopic (exact) mass is 502 g/mol. The van der Waals surface area contributed by atoms with Crippen molar-refractivity contribution in [2.75, 3.05) is 31.1 Å². The standard InChI is InChI=1S/C28H27FN4O2S/c1-19-5-3-4-6-24(19)32-13-15-33(16-14-32)27(34)22-10-7-20(2)25(18-22)35-28-30-26(31-36-28)17-21-8-11-23(29)12-9-21/h3-12,18H,13-17H2,1-2H3. The van der Waals surface area contributed by atoms with Crippen LogP contribution in [-0.2, 0) is 6.42 Å². The average Bonchev–Trinajstić information content (AvgIpc) is 3.33. The van der Waals surface area contributed by atoms with Gasteiger partial charge < -0.3 is 14.5 Å². The second-order valence-corrected chi connectivity index (χ2v) is 9.64. The van der Waals surface area contributed by atoms with E-state index in [4.69, 9.17) is 4.74 Å². The molecule has 1 aromatic heterocycles. The average molecular weight is 503 g/mol. The Kier molecular flexibility index (Phi) is 6.95. The normalized spacial score (nSPS) is 13.6. The minimum Gasteiger partial charge on any atom is -0.430 e. The molecule has 0 saturated carbocycles. The summed E-state index contributed by atoms with van der Waals surface area (Å²) >= 11 is 1.16. The molecule has 1 saturated heterocycles. The summed E-state index contributed by atoms with van der Waals surface area (Å²) in [6.45, 7) is 6.98. The van der Waals surface area contributed by atoms with Gasteiger partial charge in [0, 0.05) is 55.4 Å². The summed E-state index contributed by atoms with van der Waals surface area (Å²) in [4.78, 5) is 22.0. The lowest BCUT2D eigenvalue weighted by atomic mass is 10.1. The second-order valence-electron chi connectivity index (χ2n) is 8.93. The van der Waals surface area contributed by atoms with E-state index in [-0.39, 0.29) is 11.7 Å². The van der Waals surface area contributed by atoms with E-state index in [1.807, 2.05) is 30.0 Å². The molecule has 8 heteroatoms. The van der Waals surface area contributed by atoms with E-state index in [9.17, 15) is 9.18 Å². The van der Waals surface area contributed by atoms with Gasteiger partial charge in [0.15, 0.2) is 5.82 Å². The molecule has 1 fully saturated rings. The highest BCUT2D eigenvalue weighted by atomic mass is 32.1. The first kappa shape index (κ1) is 23.9. The topological polar surface area (TPSA) is 58.6 Å². The van der Waals surface area contributed by atoms with Gasteiger partial charge in [0.05, 0.1) is 0 Å². The van der Waals surface area contributed by atoms with Gasteiger partial charge >= 0.3 is 0 Å². The van der Waals surface area contributed by atoms with Crippen molar-refractivity contribution in [2.45, 2.75) is 20.3 Å². The van der Waals surface area contributed by atoms with Gasteiger partial charge in [-0.15, -0.1) is 0 Å². The van der Waals surface area contributed by atoms with Crippen LogP contribution in [0.1, 0.15) is 32.9 Å². The van der Waals surface area contributed by atoms with E-state index in [0.29, 0.717) is 41.8 Å². The van der Waals surface area contributed by atoms with Crippen LogP contribution in [0.25, 0.3) is 0 Å². The number of aryl methyl sites for hydroxylation is 2. The summed E-state index contributed by atoms with van der Waals surface area (Å²) in [5.41, 5.74) is 4.90. The molecular formula is C28H27FN4O2S. The van der Waals surface area contributed by atoms with Crippen molar-refractivity contribution in [3.63, 3.8) is 0 Å². The molecule has 0 radical (unpaired) electrons. The SMILES string of the molecule is Cc1ccc(C(=O)N2CCN(c3ccccc3C)CC2)cc1Oc1nc(Cc2ccc(F)cc2)ns1. The molecule has 4 aromatic rings. The van der Waals surface area contributed by atoms with Gasteiger partial charge in [0.2, 0.25) is 0 Å². The number of carbonyl (C=O) groups is 1. The van der Waals surface area contributed by atoms with Crippen LogP contribution in [0.2, 0.25) is 0 Å². The van der Waals surface area contributed by atoms with Gasteiger partial charge in [-0.2, -0.15) is 9.36 Å². The number of rotatable bonds is 6. The molecule has 36 heavy (non-hydrogen) atoms. The van der Waals surface area contributed by atoms with E-state index >= 15 is 0 Å². The molecule has 1 amide bonds. The molecule has 0 unspecified atom stereocenters. The number of para-hydroxylation sites is 1. The van der Waals surface area contributed by atoms with Crippen LogP contribution in [0.5, 0.6) is 10.9 Å². The van der Waals surface area contributed by atoms with Crippen molar-refractivity contribution in [3.8, 4) is 10.9 Å². The zero-order valence-corrected chi connectivity index (χ0v) is 21.1. The number of carbonyl (C=O) groups excluding carboxylic acids is 1. The van der Waals surface area contributed by atoms with Crippen LogP contribution in [0.4, 0.5) is 10.1 Å². The number of benzene rings is 3. The molecule has 0 spiro atoms. The van der Waals surface area contributed by atoms with Crippen LogP contribution in [-0.4, -0.2) is 46.3 Å². The highest BCUT2D eigenvalue weighted by molar-refractivity contribution is 7.07. The fraction of sp³-hybridized carbons (Fsp3) is 0.250. The minimum absolute atomic E-state index is 0.00135. The lowest BCUT2D eigenvalue weighted by Crippen LogP contribution is -2.49. The minimum atomic E-state index is -0.271. The number of nitrogens with zero attached hydrogens (tertiary/aromatic N) is 4. The summed E-state index contributed by atoms with van der Waals surface area (Å²) in [6, 6.07) is 20.2. The van der Waals surface area contributed by atoms with Crippen LogP contribution >= 0.6 is 11.5 Å². The Hall–Kier alpha value is -3.78. The maximum Gasteiger partial charge on any atom is 0.298 e. The number of amides is 1. The lowest BCUT2D eigenvalue weighted by molar-refractivity contribution is 0.0746. The molecule has 5 rings (SSSR count). The van der Waals surface area contributed by atoms with Gasteiger partial charge in [-0.05, 0) is 60.9 Å². The Morgan fingerprint density at radius 3 is 2.47 bits per heavy atom. The fourth-order valence-electron chi connectivity index (χ4n) is 4.32. The van der Waals surface area contributed by atoms with Crippen molar-refractivity contribution < 1.29 is 13.9 Å². The molecule has 2 heterocycles. The lowest BCUT2D eigenvalue weighted by Gasteiger charge is -2.36. The molecule has 0 aliphatic carbocycles. The Balaban J connectivity index is 1.23. The summed E-state index contributed by atoms with van der Waals surface area (Å²) in [7, 11) is 0. The quantitative estimate of drug-likeness (QED) is 0.342. The molecule has 0 atom stereocenters. The maximum absolute atomic E-state index is 13.3. The number of hydrogen-bond acceptors (Lipinski definition) is 6. The predicted octanol–water partition coefficient (Wildman–Crippen LogP) is 5.64. The highest BCUT2D eigenvalue weighted by Gasteiger charge is 2.23. The summed E-state index contributed by atoms with van der Waals surface area (Å²) in [5.74, 6) is 0.924. The van der Waals surface area contributed by atoms with E-state index in [2.05, 4.69) is 39.4 Å². The molecule has 184 valence electrons. The van der Waals surface area contributed by atoms with Crippen molar-refractivity contribution in [3.05, 3.63) is 101 Å².